The van der Waals surface area contributed by atoms with Crippen LogP contribution in [0.4, 0.5) is 0 Å². The summed E-state index contributed by atoms with van der Waals surface area (Å²) >= 11 is 0. The number of nitrogens with two attached hydrogens (primary N) is 1. The number of rotatable bonds is 4. The van der Waals surface area contributed by atoms with E-state index in [1.807, 2.05) is 13.8 Å². The van der Waals surface area contributed by atoms with Crippen molar-refractivity contribution in [3.8, 4) is 0 Å². The van der Waals surface area contributed by atoms with Gasteiger partial charge in [0.25, 0.3) is 0 Å². The third-order valence-electron chi connectivity index (χ3n) is 2.45. The number of aliphatic hydroxyl groups is 1. The van der Waals surface area contributed by atoms with Crippen molar-refractivity contribution < 1.29 is 9.84 Å². The van der Waals surface area contributed by atoms with Gasteiger partial charge in [-0.15, -0.1) is 0 Å². The van der Waals surface area contributed by atoms with Gasteiger partial charge in [0.05, 0.1) is 24.1 Å². The predicted molar refractivity (Wildman–Crippen MR) is 59.0 cm³/mol. The summed E-state index contributed by atoms with van der Waals surface area (Å²) in [4.78, 5) is 2.19. The molecule has 88 valence electrons. The molecule has 0 aromatic carbocycles. The molecule has 4 N–H and O–H groups in total. The van der Waals surface area contributed by atoms with Gasteiger partial charge >= 0.3 is 0 Å². The second-order valence-corrected chi connectivity index (χ2v) is 4.69. The molecule has 0 bridgehead atoms. The third-order valence-corrected chi connectivity index (χ3v) is 2.45. The number of ether oxygens (including phenoxy) is 1. The first-order valence-electron chi connectivity index (χ1n) is 5.27. The highest BCUT2D eigenvalue weighted by Gasteiger charge is 2.32. The molecule has 0 aromatic heterocycles. The summed E-state index contributed by atoms with van der Waals surface area (Å²) in [6.45, 7) is 6.35. The third kappa shape index (κ3) is 4.15. The number of morpholine rings is 1. The summed E-state index contributed by atoms with van der Waals surface area (Å²) < 4.78 is 5.68. The number of nitrogens with zero attached hydrogens (tertiary/aromatic N) is 1. The Morgan fingerprint density at radius 1 is 1.67 bits per heavy atom. The summed E-state index contributed by atoms with van der Waals surface area (Å²) in [6.07, 6.45) is 0.453. The Morgan fingerprint density at radius 3 is 2.87 bits per heavy atom. The van der Waals surface area contributed by atoms with E-state index >= 15 is 0 Å². The lowest BCUT2D eigenvalue weighted by atomic mass is 10.1. The number of hydrogen-bond donors (Lipinski definition) is 3. The zero-order valence-corrected chi connectivity index (χ0v) is 9.49. The average Bonchev–Trinajstić information content (AvgIpc) is 2.12. The number of aliphatic hydroxyl groups excluding tert-OH is 1. The summed E-state index contributed by atoms with van der Waals surface area (Å²) in [5, 5.41) is 16.3. The van der Waals surface area contributed by atoms with E-state index in [4.69, 9.17) is 21.0 Å². The fraction of sp³-hybridized carbons (Fsp3) is 0.900. The Morgan fingerprint density at radius 2 is 2.33 bits per heavy atom. The van der Waals surface area contributed by atoms with Crippen molar-refractivity contribution in [2.75, 3.05) is 26.2 Å². The highest BCUT2D eigenvalue weighted by molar-refractivity contribution is 5.76. The number of hydrogen-bond acceptors (Lipinski definition) is 4. The van der Waals surface area contributed by atoms with Gasteiger partial charge in [0.15, 0.2) is 0 Å². The van der Waals surface area contributed by atoms with Crippen molar-refractivity contribution in [2.45, 2.75) is 32.0 Å². The monoisotopic (exact) mass is 215 g/mol. The van der Waals surface area contributed by atoms with Gasteiger partial charge in [-0.2, -0.15) is 0 Å². The maximum atomic E-state index is 9.10. The summed E-state index contributed by atoms with van der Waals surface area (Å²) in [5.74, 6) is 0.208. The largest absolute Gasteiger partial charge is 0.394 e. The predicted octanol–water partition coefficient (Wildman–Crippen LogP) is -0.216. The molecule has 0 aromatic rings. The Bertz CT molecular complexity index is 231. The van der Waals surface area contributed by atoms with Crippen LogP contribution in [-0.4, -0.2) is 53.8 Å². The lowest BCUT2D eigenvalue weighted by Gasteiger charge is -2.42. The fourth-order valence-corrected chi connectivity index (χ4v) is 1.96. The van der Waals surface area contributed by atoms with Gasteiger partial charge < -0.3 is 15.6 Å². The van der Waals surface area contributed by atoms with Gasteiger partial charge in [-0.05, 0) is 13.8 Å². The van der Waals surface area contributed by atoms with E-state index in [0.717, 1.165) is 13.1 Å². The van der Waals surface area contributed by atoms with E-state index in [-0.39, 0.29) is 24.1 Å². The average molecular weight is 215 g/mol. The number of amidine groups is 1. The van der Waals surface area contributed by atoms with E-state index in [1.165, 1.54) is 0 Å². The minimum absolute atomic E-state index is 0.0417. The molecule has 1 aliphatic heterocycles. The molecule has 0 spiro atoms. The van der Waals surface area contributed by atoms with Crippen LogP contribution >= 0.6 is 0 Å². The molecule has 1 fully saturated rings. The van der Waals surface area contributed by atoms with Crippen LogP contribution < -0.4 is 5.73 Å². The van der Waals surface area contributed by atoms with Gasteiger partial charge in [0, 0.05) is 26.1 Å². The van der Waals surface area contributed by atoms with Crippen LogP contribution in [0, 0.1) is 5.41 Å². The standard InChI is InChI=1S/C10H21N3O2/c1-10(2)7-13(4-3-9(11)12)5-8(6-14)15-10/h8,14H,3-7H2,1-2H3,(H3,11,12). The van der Waals surface area contributed by atoms with Gasteiger partial charge in [-0.25, -0.2) is 0 Å². The molecular formula is C10H21N3O2. The zero-order chi connectivity index (χ0) is 11.5. The minimum Gasteiger partial charge on any atom is -0.394 e. The molecule has 0 amide bonds. The van der Waals surface area contributed by atoms with Crippen LogP contribution in [0.15, 0.2) is 0 Å². The molecule has 15 heavy (non-hydrogen) atoms. The summed E-state index contributed by atoms with van der Waals surface area (Å²) in [5.41, 5.74) is 5.09. The van der Waals surface area contributed by atoms with Crippen molar-refractivity contribution in [3.05, 3.63) is 0 Å². The Hall–Kier alpha value is -0.650. The van der Waals surface area contributed by atoms with Crippen molar-refractivity contribution in [3.63, 3.8) is 0 Å². The van der Waals surface area contributed by atoms with E-state index in [0.29, 0.717) is 13.0 Å². The summed E-state index contributed by atoms with van der Waals surface area (Å²) in [7, 11) is 0. The maximum absolute atomic E-state index is 9.10. The molecule has 0 aliphatic carbocycles. The van der Waals surface area contributed by atoms with Gasteiger partial charge in [-0.3, -0.25) is 10.3 Å². The first-order valence-corrected chi connectivity index (χ1v) is 5.27. The van der Waals surface area contributed by atoms with Crippen LogP contribution in [0.5, 0.6) is 0 Å². The Balaban J connectivity index is 2.47. The quantitative estimate of drug-likeness (QED) is 0.447. The lowest BCUT2D eigenvalue weighted by Crippen LogP contribution is -2.54. The van der Waals surface area contributed by atoms with Gasteiger partial charge in [0.1, 0.15) is 0 Å². The highest BCUT2D eigenvalue weighted by Crippen LogP contribution is 2.20. The molecule has 1 rings (SSSR count). The Labute approximate surface area is 90.7 Å². The number of nitrogens with one attached hydrogen (secondary N) is 1. The van der Waals surface area contributed by atoms with Crippen LogP contribution in [0.3, 0.4) is 0 Å². The SMILES string of the molecule is CC1(C)CN(CCC(=N)N)CC(CO)O1. The molecule has 0 radical (unpaired) electrons. The minimum atomic E-state index is -0.234. The second kappa shape index (κ2) is 4.92. The molecule has 1 heterocycles. The van der Waals surface area contributed by atoms with E-state index in [9.17, 15) is 0 Å². The first-order chi connectivity index (χ1) is 6.93. The lowest BCUT2D eigenvalue weighted by molar-refractivity contribution is -0.148. The molecular weight excluding hydrogens is 194 g/mol. The van der Waals surface area contributed by atoms with Crippen molar-refractivity contribution in [1.29, 1.82) is 5.41 Å². The van der Waals surface area contributed by atoms with Crippen LogP contribution in [-0.2, 0) is 4.74 Å². The molecule has 1 unspecified atom stereocenters. The topological polar surface area (TPSA) is 82.6 Å². The van der Waals surface area contributed by atoms with Crippen molar-refractivity contribution in [2.24, 2.45) is 5.73 Å². The van der Waals surface area contributed by atoms with E-state index in [1.54, 1.807) is 0 Å². The maximum Gasteiger partial charge on any atom is 0.0940 e. The smallest absolute Gasteiger partial charge is 0.0940 e. The van der Waals surface area contributed by atoms with Crippen molar-refractivity contribution in [1.82, 2.24) is 4.90 Å². The molecule has 5 nitrogen and oxygen atoms in total. The van der Waals surface area contributed by atoms with Crippen LogP contribution in [0.2, 0.25) is 0 Å². The molecule has 0 saturated carbocycles. The van der Waals surface area contributed by atoms with Gasteiger partial charge in [-0.1, -0.05) is 0 Å². The molecule has 1 atom stereocenters. The van der Waals surface area contributed by atoms with Crippen molar-refractivity contribution >= 4 is 5.84 Å². The Kier molecular flexibility index (Phi) is 4.07. The summed E-state index contributed by atoms with van der Waals surface area (Å²) in [6, 6.07) is 0. The van der Waals surface area contributed by atoms with E-state index < -0.39 is 0 Å². The fourth-order valence-electron chi connectivity index (χ4n) is 1.96. The second-order valence-electron chi connectivity index (χ2n) is 4.69. The zero-order valence-electron chi connectivity index (χ0n) is 9.49. The normalized spacial score (nSPS) is 26.5. The highest BCUT2D eigenvalue weighted by atomic mass is 16.5. The van der Waals surface area contributed by atoms with Crippen LogP contribution in [0.25, 0.3) is 0 Å². The first kappa shape index (κ1) is 12.4. The molecule has 1 saturated heterocycles. The van der Waals surface area contributed by atoms with Crippen LogP contribution in [0.1, 0.15) is 20.3 Å². The van der Waals surface area contributed by atoms with Gasteiger partial charge in [0.2, 0.25) is 0 Å². The molecule has 5 heteroatoms. The molecule has 1 aliphatic rings. The van der Waals surface area contributed by atoms with E-state index in [2.05, 4.69) is 4.90 Å².